The maximum atomic E-state index is 5.86. The Morgan fingerprint density at radius 1 is 1.15 bits per heavy atom. The third-order valence-corrected chi connectivity index (χ3v) is 5.98. The van der Waals surface area contributed by atoms with E-state index in [4.69, 9.17) is 4.74 Å². The molecule has 1 atom stereocenters. The van der Waals surface area contributed by atoms with Crippen LogP contribution >= 0.6 is 0 Å². The molecule has 4 rings (SSSR count). The summed E-state index contributed by atoms with van der Waals surface area (Å²) in [6.07, 6.45) is 10.8. The molecule has 3 heterocycles. The molecular formula is C22H32N4O. The van der Waals surface area contributed by atoms with Crippen LogP contribution in [0.3, 0.4) is 0 Å². The van der Waals surface area contributed by atoms with Crippen molar-refractivity contribution in [3.8, 4) is 5.75 Å². The number of benzene rings is 1. The van der Waals surface area contributed by atoms with Crippen LogP contribution < -0.4 is 4.74 Å². The summed E-state index contributed by atoms with van der Waals surface area (Å²) < 4.78 is 7.94. The quantitative estimate of drug-likeness (QED) is 0.669. The molecule has 5 heteroatoms. The summed E-state index contributed by atoms with van der Waals surface area (Å²) in [5.74, 6) is 0.966. The standard InChI is InChI=1S/C22H32N4O/c1-19-5-2-3-12-26(19)21-16-25(17-21)15-20-6-8-22(9-7-20)27-14-4-11-24-13-10-23-18-24/h6-10,13,18-19,21H,2-5,11-12,14-17H2,1H3/t19-/m0/s1. The summed E-state index contributed by atoms with van der Waals surface area (Å²) >= 11 is 0. The third kappa shape index (κ3) is 4.90. The highest BCUT2D eigenvalue weighted by Crippen LogP contribution is 2.25. The van der Waals surface area contributed by atoms with Gasteiger partial charge < -0.3 is 9.30 Å². The van der Waals surface area contributed by atoms with Gasteiger partial charge >= 0.3 is 0 Å². The molecule has 0 bridgehead atoms. The van der Waals surface area contributed by atoms with Gasteiger partial charge in [0, 0.05) is 50.7 Å². The number of nitrogens with zero attached hydrogens (tertiary/aromatic N) is 4. The molecule has 0 aliphatic carbocycles. The normalized spacial score (nSPS) is 21.9. The number of piperidine rings is 1. The van der Waals surface area contributed by atoms with Gasteiger partial charge in [-0.15, -0.1) is 0 Å². The van der Waals surface area contributed by atoms with Crippen molar-refractivity contribution in [3.05, 3.63) is 48.5 Å². The van der Waals surface area contributed by atoms with Crippen LogP contribution in [-0.4, -0.2) is 57.7 Å². The first-order valence-electron chi connectivity index (χ1n) is 10.4. The van der Waals surface area contributed by atoms with Crippen LogP contribution in [0.5, 0.6) is 5.75 Å². The monoisotopic (exact) mass is 368 g/mol. The predicted molar refractivity (Wildman–Crippen MR) is 108 cm³/mol. The van der Waals surface area contributed by atoms with Gasteiger partial charge in [-0.05, 0) is 50.4 Å². The Morgan fingerprint density at radius 2 is 2.00 bits per heavy atom. The lowest BCUT2D eigenvalue weighted by Crippen LogP contribution is -2.61. The Kier molecular flexibility index (Phi) is 6.10. The third-order valence-electron chi connectivity index (χ3n) is 5.98. The number of aromatic nitrogens is 2. The molecular weight excluding hydrogens is 336 g/mol. The van der Waals surface area contributed by atoms with Crippen LogP contribution in [0.15, 0.2) is 43.0 Å². The van der Waals surface area contributed by atoms with Gasteiger partial charge in [-0.3, -0.25) is 9.80 Å². The fraction of sp³-hybridized carbons (Fsp3) is 0.591. The van der Waals surface area contributed by atoms with Crippen LogP contribution in [0.2, 0.25) is 0 Å². The highest BCUT2D eigenvalue weighted by Gasteiger charge is 2.34. The molecule has 146 valence electrons. The number of rotatable bonds is 8. The molecule has 5 nitrogen and oxygen atoms in total. The lowest BCUT2D eigenvalue weighted by atomic mass is 9.97. The van der Waals surface area contributed by atoms with Crippen molar-refractivity contribution < 1.29 is 4.74 Å². The summed E-state index contributed by atoms with van der Waals surface area (Å²) in [5, 5.41) is 0. The molecule has 2 aliphatic heterocycles. The van der Waals surface area contributed by atoms with E-state index in [0.717, 1.165) is 44.0 Å². The predicted octanol–water partition coefficient (Wildman–Crippen LogP) is 3.41. The molecule has 1 aromatic heterocycles. The van der Waals surface area contributed by atoms with Gasteiger partial charge in [0.15, 0.2) is 0 Å². The molecule has 1 aromatic carbocycles. The summed E-state index contributed by atoms with van der Waals surface area (Å²) in [6, 6.07) is 10.2. The van der Waals surface area contributed by atoms with E-state index in [2.05, 4.69) is 50.5 Å². The Balaban J connectivity index is 1.15. The zero-order chi connectivity index (χ0) is 18.5. The molecule has 2 saturated heterocycles. The maximum absolute atomic E-state index is 5.86. The Morgan fingerprint density at radius 3 is 2.74 bits per heavy atom. The van der Waals surface area contributed by atoms with Crippen LogP contribution in [0.25, 0.3) is 0 Å². The van der Waals surface area contributed by atoms with Crippen molar-refractivity contribution in [2.24, 2.45) is 0 Å². The summed E-state index contributed by atoms with van der Waals surface area (Å²) in [7, 11) is 0. The van der Waals surface area contributed by atoms with E-state index in [0.29, 0.717) is 0 Å². The molecule has 2 aromatic rings. The second kappa shape index (κ2) is 8.89. The number of hydrogen-bond donors (Lipinski definition) is 0. The first kappa shape index (κ1) is 18.5. The minimum Gasteiger partial charge on any atom is -0.494 e. The van der Waals surface area contributed by atoms with Gasteiger partial charge in [0.25, 0.3) is 0 Å². The number of hydrogen-bond acceptors (Lipinski definition) is 4. The Bertz CT molecular complexity index is 679. The molecule has 0 saturated carbocycles. The van der Waals surface area contributed by atoms with Gasteiger partial charge in [0.2, 0.25) is 0 Å². The second-order valence-electron chi connectivity index (χ2n) is 8.08. The van der Waals surface area contributed by atoms with E-state index < -0.39 is 0 Å². The van der Waals surface area contributed by atoms with Gasteiger partial charge in [0.1, 0.15) is 5.75 Å². The van der Waals surface area contributed by atoms with Crippen LogP contribution in [0, 0.1) is 0 Å². The van der Waals surface area contributed by atoms with Crippen molar-refractivity contribution in [2.75, 3.05) is 26.2 Å². The molecule has 0 unspecified atom stereocenters. The van der Waals surface area contributed by atoms with Gasteiger partial charge in [-0.25, -0.2) is 4.98 Å². The molecule has 2 fully saturated rings. The van der Waals surface area contributed by atoms with Gasteiger partial charge in [-0.2, -0.15) is 0 Å². The molecule has 2 aliphatic rings. The van der Waals surface area contributed by atoms with E-state index in [1.807, 2.05) is 18.7 Å². The van der Waals surface area contributed by atoms with Crippen molar-refractivity contribution in [3.63, 3.8) is 0 Å². The van der Waals surface area contributed by atoms with Crippen molar-refractivity contribution >= 4 is 0 Å². The van der Waals surface area contributed by atoms with Crippen molar-refractivity contribution in [2.45, 2.75) is 57.8 Å². The molecule has 0 amide bonds. The summed E-state index contributed by atoms with van der Waals surface area (Å²) in [5.41, 5.74) is 1.38. The first-order chi connectivity index (χ1) is 13.3. The topological polar surface area (TPSA) is 33.5 Å². The molecule has 0 N–H and O–H groups in total. The van der Waals surface area contributed by atoms with Gasteiger partial charge in [-0.1, -0.05) is 18.6 Å². The Labute approximate surface area is 162 Å². The van der Waals surface area contributed by atoms with E-state index in [1.54, 1.807) is 0 Å². The van der Waals surface area contributed by atoms with Crippen LogP contribution in [0.4, 0.5) is 0 Å². The zero-order valence-electron chi connectivity index (χ0n) is 16.5. The summed E-state index contributed by atoms with van der Waals surface area (Å²) in [4.78, 5) is 9.35. The lowest BCUT2D eigenvalue weighted by molar-refractivity contribution is -0.00621. The van der Waals surface area contributed by atoms with Crippen molar-refractivity contribution in [1.29, 1.82) is 0 Å². The SMILES string of the molecule is C[C@H]1CCCCN1C1CN(Cc2ccc(OCCCn3ccnc3)cc2)C1. The lowest BCUT2D eigenvalue weighted by Gasteiger charge is -2.49. The first-order valence-corrected chi connectivity index (χ1v) is 10.4. The largest absolute Gasteiger partial charge is 0.494 e. The van der Waals surface area contributed by atoms with Crippen molar-refractivity contribution in [1.82, 2.24) is 19.4 Å². The average Bonchev–Trinajstić information content (AvgIpc) is 3.17. The molecule has 27 heavy (non-hydrogen) atoms. The number of imidazole rings is 1. The van der Waals surface area contributed by atoms with Gasteiger partial charge in [0.05, 0.1) is 12.9 Å². The highest BCUT2D eigenvalue weighted by atomic mass is 16.5. The average molecular weight is 369 g/mol. The second-order valence-corrected chi connectivity index (χ2v) is 8.08. The van der Waals surface area contributed by atoms with E-state index >= 15 is 0 Å². The minimum absolute atomic E-state index is 0.735. The highest BCUT2D eigenvalue weighted by molar-refractivity contribution is 5.27. The summed E-state index contributed by atoms with van der Waals surface area (Å²) in [6.45, 7) is 8.87. The van der Waals surface area contributed by atoms with E-state index in [1.165, 1.54) is 44.5 Å². The zero-order valence-corrected chi connectivity index (χ0v) is 16.5. The fourth-order valence-electron chi connectivity index (χ4n) is 4.35. The van der Waals surface area contributed by atoms with E-state index in [-0.39, 0.29) is 0 Å². The molecule has 0 radical (unpaired) electrons. The maximum Gasteiger partial charge on any atom is 0.119 e. The minimum atomic E-state index is 0.735. The smallest absolute Gasteiger partial charge is 0.119 e. The van der Waals surface area contributed by atoms with Crippen LogP contribution in [-0.2, 0) is 13.1 Å². The number of likely N-dealkylation sites (tertiary alicyclic amines) is 2. The number of ether oxygens (including phenoxy) is 1. The number of aryl methyl sites for hydroxylation is 1. The van der Waals surface area contributed by atoms with Crippen LogP contribution in [0.1, 0.15) is 38.2 Å². The Hall–Kier alpha value is -1.85. The molecule has 0 spiro atoms. The fourth-order valence-corrected chi connectivity index (χ4v) is 4.35. The van der Waals surface area contributed by atoms with E-state index in [9.17, 15) is 0 Å².